The number of hydrogen-bond acceptors (Lipinski definition) is 4. The van der Waals surface area contributed by atoms with Gasteiger partial charge in [0.25, 0.3) is 5.91 Å². The van der Waals surface area contributed by atoms with Crippen LogP contribution in [0, 0.1) is 12.8 Å². The molecule has 1 aliphatic rings. The summed E-state index contributed by atoms with van der Waals surface area (Å²) in [6, 6.07) is 8.17. The van der Waals surface area contributed by atoms with Crippen molar-refractivity contribution in [2.24, 2.45) is 5.92 Å². The number of nitrogens with zero attached hydrogens (tertiary/aromatic N) is 4. The van der Waals surface area contributed by atoms with Crippen molar-refractivity contribution < 1.29 is 4.79 Å². The maximum atomic E-state index is 12.9. The van der Waals surface area contributed by atoms with Gasteiger partial charge in [0.05, 0.1) is 5.69 Å². The van der Waals surface area contributed by atoms with Crippen LogP contribution >= 0.6 is 0 Å². The van der Waals surface area contributed by atoms with Gasteiger partial charge in [0.15, 0.2) is 0 Å². The Bertz CT molecular complexity index is 759. The van der Waals surface area contributed by atoms with Gasteiger partial charge in [0, 0.05) is 13.1 Å². The van der Waals surface area contributed by atoms with Crippen molar-refractivity contribution in [3.63, 3.8) is 0 Å². The van der Waals surface area contributed by atoms with E-state index in [1.165, 1.54) is 5.56 Å². The van der Waals surface area contributed by atoms with E-state index in [1.807, 2.05) is 37.1 Å². The summed E-state index contributed by atoms with van der Waals surface area (Å²) in [5.41, 5.74) is 2.20. The summed E-state index contributed by atoms with van der Waals surface area (Å²) >= 11 is 0. The predicted octanol–water partition coefficient (Wildman–Crippen LogP) is 2.77. The molecule has 1 amide bonds. The Morgan fingerprint density at radius 3 is 2.62 bits per heavy atom. The fourth-order valence-electron chi connectivity index (χ4n) is 3.65. The standard InChI is InChI=1S/C20H29N5O/c1-14(2)17-7-5-6-8-18(17)25-15(3)22-19(23-25)20(26)24-11-9-16(10-12-24)13-21-4/h5-8,14,16,21H,9-13H2,1-4H3. The van der Waals surface area contributed by atoms with Gasteiger partial charge < -0.3 is 10.2 Å². The van der Waals surface area contributed by atoms with Crippen molar-refractivity contribution in [1.29, 1.82) is 0 Å². The Hall–Kier alpha value is -2.21. The lowest BCUT2D eigenvalue weighted by molar-refractivity contribution is 0.0678. The van der Waals surface area contributed by atoms with Crippen molar-refractivity contribution >= 4 is 5.91 Å². The lowest BCUT2D eigenvalue weighted by Gasteiger charge is -2.31. The summed E-state index contributed by atoms with van der Waals surface area (Å²) < 4.78 is 1.80. The first-order valence-corrected chi connectivity index (χ1v) is 9.48. The molecule has 6 nitrogen and oxygen atoms in total. The van der Waals surface area contributed by atoms with E-state index in [2.05, 4.69) is 35.3 Å². The normalized spacial score (nSPS) is 15.7. The molecule has 0 atom stereocenters. The first-order valence-electron chi connectivity index (χ1n) is 9.48. The van der Waals surface area contributed by atoms with E-state index < -0.39 is 0 Å². The highest BCUT2D eigenvalue weighted by molar-refractivity contribution is 5.90. The van der Waals surface area contributed by atoms with E-state index in [0.29, 0.717) is 17.7 Å². The number of carbonyl (C=O) groups is 1. The molecule has 0 radical (unpaired) electrons. The first kappa shape index (κ1) is 18.6. The van der Waals surface area contributed by atoms with E-state index >= 15 is 0 Å². The molecule has 0 bridgehead atoms. The molecule has 0 unspecified atom stereocenters. The van der Waals surface area contributed by atoms with Gasteiger partial charge in [-0.25, -0.2) is 9.67 Å². The van der Waals surface area contributed by atoms with Crippen molar-refractivity contribution in [2.45, 2.75) is 39.5 Å². The topological polar surface area (TPSA) is 63.1 Å². The minimum atomic E-state index is -0.0585. The van der Waals surface area contributed by atoms with Gasteiger partial charge in [-0.05, 0) is 56.8 Å². The molecule has 0 aliphatic carbocycles. The molecule has 3 rings (SSSR count). The molecule has 1 N–H and O–H groups in total. The maximum absolute atomic E-state index is 12.9. The Morgan fingerprint density at radius 1 is 1.27 bits per heavy atom. The van der Waals surface area contributed by atoms with Crippen LogP contribution in [0.25, 0.3) is 5.69 Å². The Morgan fingerprint density at radius 2 is 1.96 bits per heavy atom. The number of hydrogen-bond donors (Lipinski definition) is 1. The van der Waals surface area contributed by atoms with Crippen LogP contribution < -0.4 is 5.32 Å². The third kappa shape index (κ3) is 3.80. The molecule has 1 fully saturated rings. The minimum absolute atomic E-state index is 0.0585. The predicted molar refractivity (Wildman–Crippen MR) is 103 cm³/mol. The SMILES string of the molecule is CNCC1CCN(C(=O)c2nc(C)n(-c3ccccc3C(C)C)n2)CC1. The molecule has 1 saturated heterocycles. The van der Waals surface area contributed by atoms with Crippen molar-refractivity contribution in [3.8, 4) is 5.69 Å². The van der Waals surface area contributed by atoms with Crippen molar-refractivity contribution in [2.75, 3.05) is 26.7 Å². The number of amides is 1. The number of nitrogens with one attached hydrogen (secondary N) is 1. The fraction of sp³-hybridized carbons (Fsp3) is 0.550. The van der Waals surface area contributed by atoms with Crippen molar-refractivity contribution in [3.05, 3.63) is 41.5 Å². The van der Waals surface area contributed by atoms with Gasteiger partial charge >= 0.3 is 0 Å². The molecule has 26 heavy (non-hydrogen) atoms. The van der Waals surface area contributed by atoms with Crippen LogP contribution in [0.5, 0.6) is 0 Å². The Kier molecular flexibility index (Phi) is 5.71. The van der Waals surface area contributed by atoms with Crippen LogP contribution in [0.3, 0.4) is 0 Å². The second-order valence-electron chi connectivity index (χ2n) is 7.40. The first-order chi connectivity index (χ1) is 12.5. The quantitative estimate of drug-likeness (QED) is 0.896. The lowest BCUT2D eigenvalue weighted by Crippen LogP contribution is -2.40. The second kappa shape index (κ2) is 7.99. The summed E-state index contributed by atoms with van der Waals surface area (Å²) in [4.78, 5) is 19.2. The van der Waals surface area contributed by atoms with Crippen molar-refractivity contribution in [1.82, 2.24) is 25.0 Å². The zero-order chi connectivity index (χ0) is 18.7. The average molecular weight is 355 g/mol. The number of rotatable bonds is 5. The highest BCUT2D eigenvalue weighted by Gasteiger charge is 2.26. The fourth-order valence-corrected chi connectivity index (χ4v) is 3.65. The van der Waals surface area contributed by atoms with E-state index in [4.69, 9.17) is 0 Å². The summed E-state index contributed by atoms with van der Waals surface area (Å²) in [5.74, 6) is 2.01. The van der Waals surface area contributed by atoms with E-state index in [-0.39, 0.29) is 5.91 Å². The van der Waals surface area contributed by atoms with Gasteiger partial charge in [-0.1, -0.05) is 32.0 Å². The van der Waals surface area contributed by atoms with Crippen LogP contribution in [-0.4, -0.2) is 52.3 Å². The van der Waals surface area contributed by atoms with Gasteiger partial charge in [-0.3, -0.25) is 4.79 Å². The largest absolute Gasteiger partial charge is 0.336 e. The summed E-state index contributed by atoms with van der Waals surface area (Å²) in [7, 11) is 1.98. The molecule has 1 aliphatic heterocycles. The van der Waals surface area contributed by atoms with Crippen LogP contribution in [-0.2, 0) is 0 Å². The molecule has 1 aromatic heterocycles. The number of aromatic nitrogens is 3. The molecule has 6 heteroatoms. The zero-order valence-corrected chi connectivity index (χ0v) is 16.2. The lowest BCUT2D eigenvalue weighted by atomic mass is 9.97. The number of aryl methyl sites for hydroxylation is 1. The summed E-state index contributed by atoms with van der Waals surface area (Å²) in [6.07, 6.45) is 2.06. The third-order valence-corrected chi connectivity index (χ3v) is 5.14. The van der Waals surface area contributed by atoms with E-state index in [1.54, 1.807) is 4.68 Å². The summed E-state index contributed by atoms with van der Waals surface area (Å²) in [6.45, 7) is 8.79. The molecule has 140 valence electrons. The number of piperidine rings is 1. The molecule has 0 spiro atoms. The number of likely N-dealkylation sites (tertiary alicyclic amines) is 1. The minimum Gasteiger partial charge on any atom is -0.336 e. The molecule has 2 aromatic rings. The highest BCUT2D eigenvalue weighted by atomic mass is 16.2. The number of para-hydroxylation sites is 1. The molecular weight excluding hydrogens is 326 g/mol. The van der Waals surface area contributed by atoms with Crippen LogP contribution in [0.2, 0.25) is 0 Å². The van der Waals surface area contributed by atoms with Crippen LogP contribution in [0.4, 0.5) is 0 Å². The molecule has 2 heterocycles. The zero-order valence-electron chi connectivity index (χ0n) is 16.2. The second-order valence-corrected chi connectivity index (χ2v) is 7.40. The highest BCUT2D eigenvalue weighted by Crippen LogP contribution is 2.24. The van der Waals surface area contributed by atoms with E-state index in [9.17, 15) is 4.79 Å². The van der Waals surface area contributed by atoms with Gasteiger partial charge in [-0.15, -0.1) is 5.10 Å². The number of benzene rings is 1. The average Bonchev–Trinajstić information content (AvgIpc) is 3.03. The smallest absolute Gasteiger partial charge is 0.293 e. The molecule has 1 aromatic carbocycles. The number of carbonyl (C=O) groups excluding carboxylic acids is 1. The Balaban J connectivity index is 1.80. The molecule has 0 saturated carbocycles. The van der Waals surface area contributed by atoms with Crippen LogP contribution in [0.15, 0.2) is 24.3 Å². The summed E-state index contributed by atoms with van der Waals surface area (Å²) in [5, 5.41) is 7.78. The van der Waals surface area contributed by atoms with Gasteiger partial charge in [-0.2, -0.15) is 0 Å². The Labute approximate surface area is 155 Å². The third-order valence-electron chi connectivity index (χ3n) is 5.14. The van der Waals surface area contributed by atoms with E-state index in [0.717, 1.165) is 44.0 Å². The monoisotopic (exact) mass is 355 g/mol. The van der Waals surface area contributed by atoms with Gasteiger partial charge in [0.1, 0.15) is 5.82 Å². The van der Waals surface area contributed by atoms with Crippen LogP contribution in [0.1, 0.15) is 54.6 Å². The van der Waals surface area contributed by atoms with Gasteiger partial charge in [0.2, 0.25) is 5.82 Å². The maximum Gasteiger partial charge on any atom is 0.293 e. The molecular formula is C20H29N5O.